The zero-order valence-electron chi connectivity index (χ0n) is 12.7. The number of halogens is 1. The van der Waals surface area contributed by atoms with Gasteiger partial charge in [-0.05, 0) is 35.7 Å². The molecule has 1 unspecified atom stereocenters. The minimum atomic E-state index is -0.270. The van der Waals surface area contributed by atoms with Gasteiger partial charge in [-0.1, -0.05) is 60.1 Å². The molecular formula is C18H19BrO3. The van der Waals surface area contributed by atoms with Crippen LogP contribution in [0.3, 0.4) is 0 Å². The molecule has 0 aliphatic carbocycles. The van der Waals surface area contributed by atoms with E-state index in [9.17, 15) is 4.79 Å². The lowest BCUT2D eigenvalue weighted by atomic mass is 10.1. The van der Waals surface area contributed by atoms with E-state index in [1.807, 2.05) is 68.4 Å². The molecule has 1 atom stereocenters. The number of carbonyl (C=O) groups is 1. The molecule has 0 aliphatic heterocycles. The fourth-order valence-electron chi connectivity index (χ4n) is 1.78. The number of carbonyl (C=O) groups excluding carboxylic acids is 1. The highest BCUT2D eigenvalue weighted by Crippen LogP contribution is 2.21. The second-order valence-electron chi connectivity index (χ2n) is 5.31. The SMILES string of the molecule is CC(C)C(Br)C(=O)OCc1ccc(Oc2ccccc2)cc1. The van der Waals surface area contributed by atoms with E-state index >= 15 is 0 Å². The Labute approximate surface area is 139 Å². The van der Waals surface area contributed by atoms with Crippen molar-refractivity contribution in [1.82, 2.24) is 0 Å². The highest BCUT2D eigenvalue weighted by Gasteiger charge is 2.19. The number of rotatable bonds is 6. The molecule has 0 aromatic heterocycles. The fourth-order valence-corrected chi connectivity index (χ4v) is 1.92. The Morgan fingerprint density at radius 1 is 1.00 bits per heavy atom. The van der Waals surface area contributed by atoms with Gasteiger partial charge in [0.15, 0.2) is 0 Å². The van der Waals surface area contributed by atoms with E-state index < -0.39 is 0 Å². The molecular weight excluding hydrogens is 344 g/mol. The maximum absolute atomic E-state index is 11.8. The maximum Gasteiger partial charge on any atom is 0.320 e. The first-order valence-corrected chi connectivity index (χ1v) is 8.10. The average molecular weight is 363 g/mol. The van der Waals surface area contributed by atoms with Crippen molar-refractivity contribution in [2.45, 2.75) is 25.3 Å². The van der Waals surface area contributed by atoms with Gasteiger partial charge in [-0.25, -0.2) is 0 Å². The molecule has 0 spiro atoms. The normalized spacial score (nSPS) is 12.0. The molecule has 0 saturated heterocycles. The standard InChI is InChI=1S/C18H19BrO3/c1-13(2)17(19)18(20)21-12-14-8-10-16(11-9-14)22-15-6-4-3-5-7-15/h3-11,13,17H,12H2,1-2H3. The fraction of sp³-hybridized carbons (Fsp3) is 0.278. The van der Waals surface area contributed by atoms with Crippen LogP contribution in [0.4, 0.5) is 0 Å². The van der Waals surface area contributed by atoms with E-state index in [0.29, 0.717) is 0 Å². The first-order chi connectivity index (χ1) is 10.6. The van der Waals surface area contributed by atoms with Gasteiger partial charge in [-0.3, -0.25) is 4.79 Å². The third kappa shape index (κ3) is 4.88. The first kappa shape index (κ1) is 16.6. The number of hydrogen-bond donors (Lipinski definition) is 0. The second-order valence-corrected chi connectivity index (χ2v) is 6.30. The first-order valence-electron chi connectivity index (χ1n) is 7.19. The summed E-state index contributed by atoms with van der Waals surface area (Å²) < 4.78 is 11.0. The van der Waals surface area contributed by atoms with Crippen molar-refractivity contribution in [3.8, 4) is 11.5 Å². The van der Waals surface area contributed by atoms with Crippen LogP contribution in [0.5, 0.6) is 11.5 Å². The predicted octanol–water partition coefficient (Wildman–Crippen LogP) is 4.94. The molecule has 3 nitrogen and oxygen atoms in total. The summed E-state index contributed by atoms with van der Waals surface area (Å²) in [6.45, 7) is 4.20. The van der Waals surface area contributed by atoms with E-state index in [4.69, 9.17) is 9.47 Å². The smallest absolute Gasteiger partial charge is 0.320 e. The topological polar surface area (TPSA) is 35.5 Å². The minimum absolute atomic E-state index is 0.203. The van der Waals surface area contributed by atoms with Gasteiger partial charge in [0.25, 0.3) is 0 Å². The van der Waals surface area contributed by atoms with Crippen LogP contribution in [-0.2, 0) is 16.1 Å². The van der Waals surface area contributed by atoms with Crippen LogP contribution >= 0.6 is 15.9 Å². The van der Waals surface area contributed by atoms with E-state index in [0.717, 1.165) is 17.1 Å². The maximum atomic E-state index is 11.8. The zero-order valence-corrected chi connectivity index (χ0v) is 14.2. The molecule has 0 radical (unpaired) electrons. The Morgan fingerprint density at radius 2 is 1.59 bits per heavy atom. The van der Waals surface area contributed by atoms with Gasteiger partial charge in [0.05, 0.1) is 0 Å². The van der Waals surface area contributed by atoms with E-state index in [-0.39, 0.29) is 23.3 Å². The predicted molar refractivity (Wildman–Crippen MR) is 90.3 cm³/mol. The van der Waals surface area contributed by atoms with Gasteiger partial charge < -0.3 is 9.47 Å². The molecule has 2 aromatic carbocycles. The Balaban J connectivity index is 1.88. The van der Waals surface area contributed by atoms with Crippen molar-refractivity contribution in [1.29, 1.82) is 0 Å². The molecule has 0 N–H and O–H groups in total. The Bertz CT molecular complexity index is 593. The molecule has 0 amide bonds. The van der Waals surface area contributed by atoms with Gasteiger partial charge in [0.1, 0.15) is 22.9 Å². The van der Waals surface area contributed by atoms with Crippen LogP contribution in [0.25, 0.3) is 0 Å². The molecule has 0 aliphatic rings. The van der Waals surface area contributed by atoms with Crippen molar-refractivity contribution in [2.75, 3.05) is 0 Å². The molecule has 0 bridgehead atoms. The van der Waals surface area contributed by atoms with Crippen molar-refractivity contribution >= 4 is 21.9 Å². The molecule has 116 valence electrons. The van der Waals surface area contributed by atoms with Crippen LogP contribution in [0.2, 0.25) is 0 Å². The lowest BCUT2D eigenvalue weighted by Gasteiger charge is -2.13. The van der Waals surface area contributed by atoms with E-state index in [2.05, 4.69) is 15.9 Å². The Hall–Kier alpha value is -1.81. The van der Waals surface area contributed by atoms with Gasteiger partial charge in [0.2, 0.25) is 0 Å². The Morgan fingerprint density at radius 3 is 2.18 bits per heavy atom. The summed E-state index contributed by atoms with van der Waals surface area (Å²) in [6, 6.07) is 17.1. The number of benzene rings is 2. The molecule has 22 heavy (non-hydrogen) atoms. The van der Waals surface area contributed by atoms with E-state index in [1.165, 1.54) is 0 Å². The van der Waals surface area contributed by atoms with Crippen LogP contribution in [0, 0.1) is 5.92 Å². The van der Waals surface area contributed by atoms with Gasteiger partial charge in [0, 0.05) is 0 Å². The van der Waals surface area contributed by atoms with Crippen LogP contribution in [-0.4, -0.2) is 10.8 Å². The molecule has 0 heterocycles. The molecule has 2 rings (SSSR count). The number of hydrogen-bond acceptors (Lipinski definition) is 3. The monoisotopic (exact) mass is 362 g/mol. The Kier molecular flexibility index (Phi) is 6.01. The summed E-state index contributed by atoms with van der Waals surface area (Å²) in [7, 11) is 0. The number of alkyl halides is 1. The largest absolute Gasteiger partial charge is 0.460 e. The van der Waals surface area contributed by atoms with Crippen molar-refractivity contribution in [2.24, 2.45) is 5.92 Å². The van der Waals surface area contributed by atoms with Gasteiger partial charge in [-0.15, -0.1) is 0 Å². The highest BCUT2D eigenvalue weighted by atomic mass is 79.9. The lowest BCUT2D eigenvalue weighted by molar-refractivity contribution is -0.144. The molecule has 4 heteroatoms. The average Bonchev–Trinajstić information content (AvgIpc) is 2.54. The molecule has 0 saturated carbocycles. The van der Waals surface area contributed by atoms with Crippen molar-refractivity contribution in [3.05, 3.63) is 60.2 Å². The number of para-hydroxylation sites is 1. The number of ether oxygens (including phenoxy) is 2. The van der Waals surface area contributed by atoms with Crippen LogP contribution in [0.1, 0.15) is 19.4 Å². The van der Waals surface area contributed by atoms with Crippen LogP contribution in [0.15, 0.2) is 54.6 Å². The highest BCUT2D eigenvalue weighted by molar-refractivity contribution is 9.10. The van der Waals surface area contributed by atoms with Gasteiger partial charge in [-0.2, -0.15) is 0 Å². The van der Waals surface area contributed by atoms with Gasteiger partial charge >= 0.3 is 5.97 Å². The van der Waals surface area contributed by atoms with Crippen molar-refractivity contribution < 1.29 is 14.3 Å². The quantitative estimate of drug-likeness (QED) is 0.539. The van der Waals surface area contributed by atoms with E-state index in [1.54, 1.807) is 0 Å². The second kappa shape index (κ2) is 7.99. The zero-order chi connectivity index (χ0) is 15.9. The van der Waals surface area contributed by atoms with Crippen LogP contribution < -0.4 is 4.74 Å². The minimum Gasteiger partial charge on any atom is -0.460 e. The summed E-state index contributed by atoms with van der Waals surface area (Å²) >= 11 is 3.34. The molecule has 0 fully saturated rings. The van der Waals surface area contributed by atoms with Crippen molar-refractivity contribution in [3.63, 3.8) is 0 Å². The third-order valence-electron chi connectivity index (χ3n) is 3.09. The summed E-state index contributed by atoms with van der Waals surface area (Å²) in [4.78, 5) is 11.5. The summed E-state index contributed by atoms with van der Waals surface area (Å²) in [5.41, 5.74) is 0.928. The summed E-state index contributed by atoms with van der Waals surface area (Å²) in [6.07, 6.45) is 0. The lowest BCUT2D eigenvalue weighted by Crippen LogP contribution is -2.22. The third-order valence-corrected chi connectivity index (χ3v) is 4.52. The molecule has 2 aromatic rings. The number of esters is 1. The summed E-state index contributed by atoms with van der Waals surface area (Å²) in [5, 5.41) is 0. The summed E-state index contributed by atoms with van der Waals surface area (Å²) in [5.74, 6) is 1.51.